The number of benzene rings is 2. The molecule has 2 N–H and O–H groups in total. The fraction of sp³-hybridized carbons (Fsp3) is 0.143. The van der Waals surface area contributed by atoms with Gasteiger partial charge in [-0.05, 0) is 48.4 Å². The molecule has 19 heavy (non-hydrogen) atoms. The molecule has 0 bridgehead atoms. The largest absolute Gasteiger partial charge is 0.486 e. The van der Waals surface area contributed by atoms with Gasteiger partial charge in [0, 0.05) is 8.95 Å². The van der Waals surface area contributed by atoms with E-state index in [1.54, 1.807) is 6.07 Å². The number of nitrogens with two attached hydrogens (primary N) is 1. The number of rotatable bonds is 3. The maximum absolute atomic E-state index is 13.2. The van der Waals surface area contributed by atoms with E-state index >= 15 is 0 Å². The van der Waals surface area contributed by atoms with Gasteiger partial charge in [-0.2, -0.15) is 0 Å². The standard InChI is InChI=1S/C14H12Br2FNO/c1-8-2-10(15)6-13(18)14(8)19-7-9-3-11(16)5-12(17)4-9/h2-6H,7,18H2,1H3. The van der Waals surface area contributed by atoms with Crippen LogP contribution in [-0.2, 0) is 6.61 Å². The van der Waals surface area contributed by atoms with Crippen LogP contribution in [0.4, 0.5) is 10.1 Å². The van der Waals surface area contributed by atoms with Gasteiger partial charge in [0.15, 0.2) is 0 Å². The molecule has 5 heteroatoms. The van der Waals surface area contributed by atoms with Crippen molar-refractivity contribution in [2.75, 3.05) is 5.73 Å². The molecule has 0 amide bonds. The highest BCUT2D eigenvalue weighted by Gasteiger charge is 2.07. The maximum atomic E-state index is 13.2. The lowest BCUT2D eigenvalue weighted by atomic mass is 10.2. The number of hydrogen-bond donors (Lipinski definition) is 1. The van der Waals surface area contributed by atoms with Crippen LogP contribution in [0, 0.1) is 12.7 Å². The van der Waals surface area contributed by atoms with Crippen LogP contribution in [0.1, 0.15) is 11.1 Å². The van der Waals surface area contributed by atoms with Crippen molar-refractivity contribution in [3.05, 3.63) is 56.2 Å². The SMILES string of the molecule is Cc1cc(Br)cc(N)c1OCc1cc(F)cc(Br)c1. The van der Waals surface area contributed by atoms with Crippen LogP contribution >= 0.6 is 31.9 Å². The summed E-state index contributed by atoms with van der Waals surface area (Å²) in [4.78, 5) is 0. The molecule has 0 aliphatic heterocycles. The Morgan fingerprint density at radius 1 is 1.11 bits per heavy atom. The monoisotopic (exact) mass is 387 g/mol. The van der Waals surface area contributed by atoms with E-state index in [9.17, 15) is 4.39 Å². The lowest BCUT2D eigenvalue weighted by Gasteiger charge is -2.12. The summed E-state index contributed by atoms with van der Waals surface area (Å²) in [5, 5.41) is 0. The molecule has 0 aliphatic rings. The van der Waals surface area contributed by atoms with Gasteiger partial charge in [0.05, 0.1) is 5.69 Å². The first-order valence-corrected chi connectivity index (χ1v) is 7.17. The minimum atomic E-state index is -0.298. The van der Waals surface area contributed by atoms with Gasteiger partial charge in [0.2, 0.25) is 0 Å². The molecule has 0 atom stereocenters. The first-order valence-electron chi connectivity index (χ1n) is 5.59. The number of anilines is 1. The van der Waals surface area contributed by atoms with E-state index in [-0.39, 0.29) is 12.4 Å². The van der Waals surface area contributed by atoms with Gasteiger partial charge in [0.25, 0.3) is 0 Å². The van der Waals surface area contributed by atoms with E-state index in [0.717, 1.165) is 15.6 Å². The van der Waals surface area contributed by atoms with Crippen LogP contribution in [0.3, 0.4) is 0 Å². The summed E-state index contributed by atoms with van der Waals surface area (Å²) < 4.78 is 20.5. The topological polar surface area (TPSA) is 35.2 Å². The van der Waals surface area contributed by atoms with Gasteiger partial charge in [-0.15, -0.1) is 0 Å². The molecule has 0 aliphatic carbocycles. The summed E-state index contributed by atoms with van der Waals surface area (Å²) in [6.45, 7) is 2.18. The third-order valence-electron chi connectivity index (χ3n) is 2.57. The normalized spacial score (nSPS) is 10.5. The van der Waals surface area contributed by atoms with E-state index in [0.29, 0.717) is 15.9 Å². The van der Waals surface area contributed by atoms with Gasteiger partial charge in [-0.25, -0.2) is 4.39 Å². The van der Waals surface area contributed by atoms with Gasteiger partial charge >= 0.3 is 0 Å². The van der Waals surface area contributed by atoms with Gasteiger partial charge in [0.1, 0.15) is 18.2 Å². The highest BCUT2D eigenvalue weighted by molar-refractivity contribution is 9.10. The van der Waals surface area contributed by atoms with Crippen LogP contribution in [0.25, 0.3) is 0 Å². The Balaban J connectivity index is 2.19. The quantitative estimate of drug-likeness (QED) is 0.765. The number of ether oxygens (including phenoxy) is 1. The zero-order chi connectivity index (χ0) is 14.0. The summed E-state index contributed by atoms with van der Waals surface area (Å²) in [5.41, 5.74) is 8.14. The Hall–Kier alpha value is -1.07. The summed E-state index contributed by atoms with van der Waals surface area (Å²) >= 11 is 6.62. The summed E-state index contributed by atoms with van der Waals surface area (Å²) in [5.74, 6) is 0.331. The molecule has 0 spiro atoms. The summed E-state index contributed by atoms with van der Waals surface area (Å²) in [7, 11) is 0. The molecule has 2 rings (SSSR count). The summed E-state index contributed by atoms with van der Waals surface area (Å²) in [6.07, 6.45) is 0. The molecule has 0 unspecified atom stereocenters. The van der Waals surface area contributed by atoms with Gasteiger partial charge < -0.3 is 10.5 Å². The van der Waals surface area contributed by atoms with Crippen LogP contribution in [-0.4, -0.2) is 0 Å². The third-order valence-corrected chi connectivity index (χ3v) is 3.49. The smallest absolute Gasteiger partial charge is 0.145 e. The average Bonchev–Trinajstić information content (AvgIpc) is 2.25. The van der Waals surface area contributed by atoms with Gasteiger partial charge in [-0.1, -0.05) is 31.9 Å². The lowest BCUT2D eigenvalue weighted by molar-refractivity contribution is 0.305. The van der Waals surface area contributed by atoms with E-state index < -0.39 is 0 Å². The number of nitrogen functional groups attached to an aromatic ring is 1. The fourth-order valence-corrected chi connectivity index (χ4v) is 2.91. The Labute approximate surface area is 128 Å². The van der Waals surface area contributed by atoms with Crippen LogP contribution in [0.15, 0.2) is 39.3 Å². The number of aryl methyl sites for hydroxylation is 1. The molecular formula is C14H12Br2FNO. The first-order chi connectivity index (χ1) is 8.95. The molecule has 2 nitrogen and oxygen atoms in total. The van der Waals surface area contributed by atoms with E-state index in [1.165, 1.54) is 12.1 Å². The molecule has 0 fully saturated rings. The average molecular weight is 389 g/mol. The number of halogens is 3. The highest BCUT2D eigenvalue weighted by atomic mass is 79.9. The van der Waals surface area contributed by atoms with E-state index in [1.807, 2.05) is 19.1 Å². The molecule has 0 radical (unpaired) electrons. The van der Waals surface area contributed by atoms with Crippen molar-refractivity contribution in [2.24, 2.45) is 0 Å². The molecule has 2 aromatic rings. The second-order valence-corrected chi connectivity index (χ2v) is 6.04. The van der Waals surface area contributed by atoms with Crippen molar-refractivity contribution in [1.29, 1.82) is 0 Å². The second kappa shape index (κ2) is 5.92. The van der Waals surface area contributed by atoms with Crippen molar-refractivity contribution in [3.8, 4) is 5.75 Å². The minimum Gasteiger partial charge on any atom is -0.486 e. The molecule has 0 aromatic heterocycles. The Bertz CT molecular complexity index is 573. The zero-order valence-corrected chi connectivity index (χ0v) is 13.4. The Kier molecular flexibility index (Phi) is 4.47. The molecule has 0 saturated heterocycles. The molecule has 0 heterocycles. The van der Waals surface area contributed by atoms with Crippen molar-refractivity contribution in [3.63, 3.8) is 0 Å². The van der Waals surface area contributed by atoms with Crippen molar-refractivity contribution < 1.29 is 9.13 Å². The van der Waals surface area contributed by atoms with Crippen LogP contribution in [0.2, 0.25) is 0 Å². The predicted molar refractivity (Wildman–Crippen MR) is 81.7 cm³/mol. The van der Waals surface area contributed by atoms with E-state index in [2.05, 4.69) is 31.9 Å². The molecule has 0 saturated carbocycles. The fourth-order valence-electron chi connectivity index (χ4n) is 1.80. The molecule has 100 valence electrons. The molecule has 2 aromatic carbocycles. The van der Waals surface area contributed by atoms with Crippen molar-refractivity contribution in [1.82, 2.24) is 0 Å². The minimum absolute atomic E-state index is 0.267. The van der Waals surface area contributed by atoms with Crippen molar-refractivity contribution >= 4 is 37.5 Å². The van der Waals surface area contributed by atoms with Gasteiger partial charge in [-0.3, -0.25) is 0 Å². The Morgan fingerprint density at radius 2 is 1.79 bits per heavy atom. The number of hydrogen-bond acceptors (Lipinski definition) is 2. The third kappa shape index (κ3) is 3.70. The van der Waals surface area contributed by atoms with E-state index in [4.69, 9.17) is 10.5 Å². The second-order valence-electron chi connectivity index (χ2n) is 4.21. The maximum Gasteiger partial charge on any atom is 0.145 e. The lowest BCUT2D eigenvalue weighted by Crippen LogP contribution is -2.01. The summed E-state index contributed by atoms with van der Waals surface area (Å²) in [6, 6.07) is 8.36. The zero-order valence-electron chi connectivity index (χ0n) is 10.2. The highest BCUT2D eigenvalue weighted by Crippen LogP contribution is 2.30. The van der Waals surface area contributed by atoms with Crippen molar-refractivity contribution in [2.45, 2.75) is 13.5 Å². The predicted octanol–water partition coefficient (Wildman–Crippen LogP) is 4.82. The molecular weight excluding hydrogens is 377 g/mol. The first kappa shape index (κ1) is 14.3. The van der Waals surface area contributed by atoms with Crippen LogP contribution < -0.4 is 10.5 Å². The van der Waals surface area contributed by atoms with Crippen LogP contribution in [0.5, 0.6) is 5.75 Å². The Morgan fingerprint density at radius 3 is 2.42 bits per heavy atom.